The molecule has 0 amide bonds. The monoisotopic (exact) mass is 308 g/mol. The van der Waals surface area contributed by atoms with Crippen LogP contribution in [0.5, 0.6) is 0 Å². The maximum absolute atomic E-state index is 13.1. The summed E-state index contributed by atoms with van der Waals surface area (Å²) >= 11 is 0. The molecule has 4 nitrogen and oxygen atoms in total. The fourth-order valence-corrected chi connectivity index (χ4v) is 5.74. The molecule has 2 saturated heterocycles. The summed E-state index contributed by atoms with van der Waals surface area (Å²) < 4.78 is 27.8. The average molecular weight is 308 g/mol. The summed E-state index contributed by atoms with van der Waals surface area (Å²) in [4.78, 5) is 0.505. The molecule has 21 heavy (non-hydrogen) atoms. The molecule has 1 aromatic carbocycles. The van der Waals surface area contributed by atoms with Crippen molar-refractivity contribution in [3.05, 3.63) is 28.8 Å². The molecule has 2 fully saturated rings. The van der Waals surface area contributed by atoms with Crippen molar-refractivity contribution in [2.24, 2.45) is 0 Å². The third-order valence-corrected chi connectivity index (χ3v) is 6.86. The Morgan fingerprint density at radius 2 is 1.67 bits per heavy atom. The minimum absolute atomic E-state index is 0.318. The molecular weight excluding hydrogens is 284 g/mol. The van der Waals surface area contributed by atoms with Gasteiger partial charge in [-0.3, -0.25) is 0 Å². The first-order chi connectivity index (χ1) is 9.88. The molecule has 5 heteroatoms. The van der Waals surface area contributed by atoms with E-state index in [2.05, 4.69) is 5.32 Å². The van der Waals surface area contributed by atoms with Crippen LogP contribution in [0, 0.1) is 20.8 Å². The lowest BCUT2D eigenvalue weighted by Crippen LogP contribution is -2.39. The average Bonchev–Trinajstić information content (AvgIpc) is 2.66. The van der Waals surface area contributed by atoms with Crippen molar-refractivity contribution in [2.45, 2.75) is 57.0 Å². The fourth-order valence-electron chi connectivity index (χ4n) is 3.83. The van der Waals surface area contributed by atoms with Gasteiger partial charge in [-0.15, -0.1) is 0 Å². The second-order valence-electron chi connectivity index (χ2n) is 6.52. The summed E-state index contributed by atoms with van der Waals surface area (Å²) in [7, 11) is -3.39. The standard InChI is InChI=1S/C16H24N2O2S/c1-11-8-12(2)16(13(3)9-11)21(19,20)18-7-6-14-4-5-15(10-18)17-14/h8-9,14-15,17H,4-7,10H2,1-3H3. The van der Waals surface area contributed by atoms with Crippen molar-refractivity contribution in [2.75, 3.05) is 13.1 Å². The van der Waals surface area contributed by atoms with Crippen LogP contribution in [0.25, 0.3) is 0 Å². The molecule has 3 rings (SSSR count). The van der Waals surface area contributed by atoms with Crippen LogP contribution in [0.1, 0.15) is 36.0 Å². The largest absolute Gasteiger partial charge is 0.310 e. The minimum atomic E-state index is -3.39. The molecule has 2 atom stereocenters. The van der Waals surface area contributed by atoms with Crippen LogP contribution in [-0.4, -0.2) is 37.9 Å². The predicted octanol–water partition coefficient (Wildman–Crippen LogP) is 2.13. The molecule has 0 radical (unpaired) electrons. The first kappa shape index (κ1) is 15.0. The zero-order valence-electron chi connectivity index (χ0n) is 13.0. The van der Waals surface area contributed by atoms with Gasteiger partial charge in [0.15, 0.2) is 0 Å². The first-order valence-corrected chi connectivity index (χ1v) is 9.16. The number of rotatable bonds is 2. The lowest BCUT2D eigenvalue weighted by molar-refractivity contribution is 0.383. The molecule has 2 heterocycles. The molecule has 0 aromatic heterocycles. The first-order valence-electron chi connectivity index (χ1n) is 7.72. The summed E-state index contributed by atoms with van der Waals surface area (Å²) in [6.07, 6.45) is 3.18. The highest BCUT2D eigenvalue weighted by Gasteiger charge is 2.36. The quantitative estimate of drug-likeness (QED) is 0.910. The van der Waals surface area contributed by atoms with Crippen molar-refractivity contribution < 1.29 is 8.42 Å². The van der Waals surface area contributed by atoms with Crippen molar-refractivity contribution in [3.63, 3.8) is 0 Å². The van der Waals surface area contributed by atoms with E-state index < -0.39 is 10.0 Å². The third kappa shape index (κ3) is 2.74. The number of nitrogens with zero attached hydrogens (tertiary/aromatic N) is 1. The Bertz CT molecular complexity index is 631. The SMILES string of the molecule is Cc1cc(C)c(S(=O)(=O)N2CCC3CCC(C2)N3)c(C)c1. The lowest BCUT2D eigenvalue weighted by Gasteiger charge is -2.25. The van der Waals surface area contributed by atoms with Crippen LogP contribution in [0.4, 0.5) is 0 Å². The molecular formula is C16H24N2O2S. The van der Waals surface area contributed by atoms with Gasteiger partial charge in [0.2, 0.25) is 10.0 Å². The van der Waals surface area contributed by atoms with Crippen LogP contribution in [0.3, 0.4) is 0 Å². The van der Waals surface area contributed by atoms with E-state index >= 15 is 0 Å². The highest BCUT2D eigenvalue weighted by molar-refractivity contribution is 7.89. The zero-order chi connectivity index (χ0) is 15.2. The van der Waals surface area contributed by atoms with E-state index in [0.717, 1.165) is 29.5 Å². The second-order valence-corrected chi connectivity index (χ2v) is 8.39. The molecule has 0 spiro atoms. The number of hydrogen-bond acceptors (Lipinski definition) is 3. The van der Waals surface area contributed by atoms with Gasteiger partial charge < -0.3 is 5.32 Å². The van der Waals surface area contributed by atoms with Gasteiger partial charge in [0.05, 0.1) is 4.90 Å². The van der Waals surface area contributed by atoms with Crippen LogP contribution in [0.15, 0.2) is 17.0 Å². The van der Waals surface area contributed by atoms with E-state index in [1.54, 1.807) is 4.31 Å². The number of hydrogen-bond donors (Lipinski definition) is 1. The normalized spacial score (nSPS) is 26.8. The topological polar surface area (TPSA) is 49.4 Å². The van der Waals surface area contributed by atoms with Gasteiger partial charge in [-0.25, -0.2) is 8.42 Å². The van der Waals surface area contributed by atoms with Gasteiger partial charge in [-0.05, 0) is 51.2 Å². The Kier molecular flexibility index (Phi) is 3.84. The van der Waals surface area contributed by atoms with Gasteiger partial charge in [-0.2, -0.15) is 4.31 Å². The van der Waals surface area contributed by atoms with Crippen LogP contribution >= 0.6 is 0 Å². The van der Waals surface area contributed by atoms with E-state index in [1.807, 2.05) is 32.9 Å². The number of nitrogens with one attached hydrogen (secondary N) is 1. The molecule has 0 aliphatic carbocycles. The molecule has 2 aliphatic heterocycles. The number of aryl methyl sites for hydroxylation is 3. The van der Waals surface area contributed by atoms with Gasteiger partial charge in [-0.1, -0.05) is 17.7 Å². The maximum Gasteiger partial charge on any atom is 0.243 e. The predicted molar refractivity (Wildman–Crippen MR) is 84.0 cm³/mol. The van der Waals surface area contributed by atoms with Crippen molar-refractivity contribution in [3.8, 4) is 0 Å². The van der Waals surface area contributed by atoms with E-state index in [-0.39, 0.29) is 0 Å². The molecule has 1 N–H and O–H groups in total. The highest BCUT2D eigenvalue weighted by atomic mass is 32.2. The smallest absolute Gasteiger partial charge is 0.243 e. The highest BCUT2D eigenvalue weighted by Crippen LogP contribution is 2.29. The molecule has 2 bridgehead atoms. The van der Waals surface area contributed by atoms with Gasteiger partial charge >= 0.3 is 0 Å². The molecule has 116 valence electrons. The summed E-state index contributed by atoms with van der Waals surface area (Å²) in [5, 5.41) is 3.54. The number of benzene rings is 1. The summed E-state index contributed by atoms with van der Waals surface area (Å²) in [6.45, 7) is 7.03. The Hall–Kier alpha value is -0.910. The lowest BCUT2D eigenvalue weighted by atomic mass is 10.1. The Balaban J connectivity index is 1.97. The Labute approximate surface area is 127 Å². The third-order valence-electron chi connectivity index (χ3n) is 4.69. The van der Waals surface area contributed by atoms with Crippen molar-refractivity contribution in [1.82, 2.24) is 9.62 Å². The van der Waals surface area contributed by atoms with Crippen LogP contribution < -0.4 is 5.32 Å². The van der Waals surface area contributed by atoms with Crippen LogP contribution in [0.2, 0.25) is 0 Å². The van der Waals surface area contributed by atoms with Gasteiger partial charge in [0.1, 0.15) is 0 Å². The Morgan fingerprint density at radius 3 is 2.33 bits per heavy atom. The second kappa shape index (κ2) is 5.38. The van der Waals surface area contributed by atoms with Crippen molar-refractivity contribution >= 4 is 10.0 Å². The summed E-state index contributed by atoms with van der Waals surface area (Å²) in [6, 6.07) is 4.73. The van der Waals surface area contributed by atoms with Gasteiger partial charge in [0.25, 0.3) is 0 Å². The van der Waals surface area contributed by atoms with Crippen molar-refractivity contribution in [1.29, 1.82) is 0 Å². The fraction of sp³-hybridized carbons (Fsp3) is 0.625. The van der Waals surface area contributed by atoms with Crippen LogP contribution in [-0.2, 0) is 10.0 Å². The minimum Gasteiger partial charge on any atom is -0.310 e. The molecule has 2 aliphatic rings. The number of sulfonamides is 1. The summed E-state index contributed by atoms with van der Waals surface area (Å²) in [5.41, 5.74) is 2.82. The molecule has 0 saturated carbocycles. The van der Waals surface area contributed by atoms with E-state index in [9.17, 15) is 8.42 Å². The molecule has 2 unspecified atom stereocenters. The summed E-state index contributed by atoms with van der Waals surface area (Å²) in [5.74, 6) is 0. The van der Waals surface area contributed by atoms with E-state index in [0.29, 0.717) is 30.1 Å². The Morgan fingerprint density at radius 1 is 1.05 bits per heavy atom. The zero-order valence-corrected chi connectivity index (χ0v) is 13.8. The van der Waals surface area contributed by atoms with E-state index in [4.69, 9.17) is 0 Å². The molecule has 1 aromatic rings. The van der Waals surface area contributed by atoms with Gasteiger partial charge in [0, 0.05) is 25.2 Å². The number of fused-ring (bicyclic) bond motifs is 2. The maximum atomic E-state index is 13.1. The van der Waals surface area contributed by atoms with E-state index in [1.165, 1.54) is 6.42 Å².